The molecule has 1 aliphatic rings. The van der Waals surface area contributed by atoms with Gasteiger partial charge in [-0.25, -0.2) is 4.57 Å². The SMILES string of the molecule is Cc1c2ccccc2c(C)c2c1c1c3c(ccc4c5c(CC6CCCC6)cccc5n2c43)cc[n+]1C. The van der Waals surface area contributed by atoms with E-state index in [9.17, 15) is 0 Å². The number of hydrogen-bond acceptors (Lipinski definition) is 0. The van der Waals surface area contributed by atoms with Crippen LogP contribution in [0.3, 0.4) is 0 Å². The van der Waals surface area contributed by atoms with Crippen LogP contribution in [0, 0.1) is 19.8 Å². The molecule has 1 fully saturated rings. The number of rotatable bonds is 2. The lowest BCUT2D eigenvalue weighted by Crippen LogP contribution is -2.29. The Bertz CT molecular complexity index is 2000. The van der Waals surface area contributed by atoms with E-state index in [1.165, 1.54) is 109 Å². The summed E-state index contributed by atoms with van der Waals surface area (Å²) in [4.78, 5) is 0. The Morgan fingerprint density at radius 2 is 1.53 bits per heavy atom. The highest BCUT2D eigenvalue weighted by atomic mass is 15.0. The second kappa shape index (κ2) is 7.20. The third kappa shape index (κ3) is 2.50. The van der Waals surface area contributed by atoms with Crippen LogP contribution in [0.5, 0.6) is 0 Å². The second-order valence-corrected chi connectivity index (χ2v) is 11.2. The molecule has 3 heterocycles. The van der Waals surface area contributed by atoms with Gasteiger partial charge >= 0.3 is 0 Å². The van der Waals surface area contributed by atoms with Gasteiger partial charge in [-0.1, -0.05) is 74.2 Å². The summed E-state index contributed by atoms with van der Waals surface area (Å²) in [5.41, 5.74) is 9.75. The van der Waals surface area contributed by atoms with E-state index in [1.54, 1.807) is 0 Å². The Balaban J connectivity index is 1.69. The molecule has 0 atom stereocenters. The van der Waals surface area contributed by atoms with E-state index in [0.717, 1.165) is 5.92 Å². The van der Waals surface area contributed by atoms with Crippen molar-refractivity contribution in [3.63, 3.8) is 0 Å². The zero-order chi connectivity index (χ0) is 24.1. The Labute approximate surface area is 211 Å². The zero-order valence-electron chi connectivity index (χ0n) is 21.4. The molecule has 0 N–H and O–H groups in total. The van der Waals surface area contributed by atoms with Gasteiger partial charge in [0.15, 0.2) is 6.20 Å². The maximum Gasteiger partial charge on any atom is 0.224 e. The summed E-state index contributed by atoms with van der Waals surface area (Å²) in [5, 5.41) is 9.71. The monoisotopic (exact) mass is 467 g/mol. The van der Waals surface area contributed by atoms with Crippen molar-refractivity contribution < 1.29 is 4.57 Å². The average Bonchev–Trinajstić information content (AvgIpc) is 3.54. The standard InChI is InChI=1S/C34H31N2/c1-20-25-12-6-7-13-26(25)21(2)32-29(20)34-31-23(17-18-35(34)3)15-16-27-30-24(19-22-9-4-5-10-22)11-8-14-28(30)36(32)33(27)31/h6-8,11-18,22H,4-5,9-10,19H2,1-3H3/q+1. The molecule has 7 aromatic rings. The van der Waals surface area contributed by atoms with Crippen LogP contribution in [0.4, 0.5) is 0 Å². The predicted molar refractivity (Wildman–Crippen MR) is 152 cm³/mol. The normalized spacial score (nSPS) is 15.2. The van der Waals surface area contributed by atoms with E-state index in [-0.39, 0.29) is 0 Å². The molecule has 2 heteroatoms. The molecular formula is C34H31N2+. The second-order valence-electron chi connectivity index (χ2n) is 11.2. The van der Waals surface area contributed by atoms with Crippen LogP contribution >= 0.6 is 0 Å². The third-order valence-corrected chi connectivity index (χ3v) is 9.29. The van der Waals surface area contributed by atoms with Crippen LogP contribution in [-0.4, -0.2) is 4.40 Å². The molecule has 0 unspecified atom stereocenters. The third-order valence-electron chi connectivity index (χ3n) is 9.29. The van der Waals surface area contributed by atoms with Gasteiger partial charge in [-0.05, 0) is 65.1 Å². The minimum absolute atomic E-state index is 0.827. The molecular weight excluding hydrogens is 436 g/mol. The Hall–Kier alpha value is -3.65. The highest BCUT2D eigenvalue weighted by Gasteiger charge is 2.27. The first-order valence-electron chi connectivity index (χ1n) is 13.5. The molecule has 2 nitrogen and oxygen atoms in total. The van der Waals surface area contributed by atoms with Crippen molar-refractivity contribution in [2.45, 2.75) is 46.0 Å². The summed E-state index contributed by atoms with van der Waals surface area (Å²) >= 11 is 0. The minimum atomic E-state index is 0.827. The van der Waals surface area contributed by atoms with Crippen LogP contribution in [-0.2, 0) is 13.5 Å². The molecule has 1 aliphatic carbocycles. The Morgan fingerprint density at radius 1 is 0.750 bits per heavy atom. The number of pyridine rings is 2. The highest BCUT2D eigenvalue weighted by Crippen LogP contribution is 2.45. The van der Waals surface area contributed by atoms with Crippen molar-refractivity contribution in [2.75, 3.05) is 0 Å². The van der Waals surface area contributed by atoms with E-state index in [0.29, 0.717) is 0 Å². The molecule has 0 aliphatic heterocycles. The molecule has 0 saturated heterocycles. The molecule has 3 aromatic heterocycles. The topological polar surface area (TPSA) is 8.29 Å². The van der Waals surface area contributed by atoms with Crippen molar-refractivity contribution in [1.29, 1.82) is 0 Å². The highest BCUT2D eigenvalue weighted by molar-refractivity contribution is 6.29. The fourth-order valence-electron chi connectivity index (χ4n) is 7.64. The van der Waals surface area contributed by atoms with Gasteiger partial charge in [0.1, 0.15) is 7.05 Å². The van der Waals surface area contributed by atoms with E-state index in [2.05, 4.69) is 96.7 Å². The van der Waals surface area contributed by atoms with Gasteiger partial charge in [-0.15, -0.1) is 0 Å². The van der Waals surface area contributed by atoms with Crippen molar-refractivity contribution in [2.24, 2.45) is 13.0 Å². The first-order chi connectivity index (χ1) is 17.6. The van der Waals surface area contributed by atoms with E-state index >= 15 is 0 Å². The summed E-state index contributed by atoms with van der Waals surface area (Å²) in [7, 11) is 2.21. The lowest BCUT2D eigenvalue weighted by molar-refractivity contribution is -0.643. The molecule has 0 radical (unpaired) electrons. The molecule has 1 saturated carbocycles. The molecule has 0 amide bonds. The number of aromatic nitrogens is 2. The lowest BCUT2D eigenvalue weighted by Gasteiger charge is -2.17. The summed E-state index contributed by atoms with van der Waals surface area (Å²) < 4.78 is 4.98. The summed E-state index contributed by atoms with van der Waals surface area (Å²) in [6.07, 6.45) is 8.99. The van der Waals surface area contributed by atoms with Crippen LogP contribution in [0.25, 0.3) is 59.8 Å². The fourth-order valence-corrected chi connectivity index (χ4v) is 7.64. The van der Waals surface area contributed by atoms with Gasteiger partial charge in [-0.3, -0.25) is 0 Å². The van der Waals surface area contributed by atoms with Gasteiger partial charge in [0.05, 0.1) is 27.3 Å². The smallest absolute Gasteiger partial charge is 0.224 e. The number of aryl methyl sites for hydroxylation is 3. The molecule has 0 bridgehead atoms. The maximum absolute atomic E-state index is 2.63. The Morgan fingerprint density at radius 3 is 2.33 bits per heavy atom. The first-order valence-corrected chi connectivity index (χ1v) is 13.5. The quantitative estimate of drug-likeness (QED) is 0.137. The molecule has 8 rings (SSSR count). The van der Waals surface area contributed by atoms with E-state index in [4.69, 9.17) is 0 Å². The minimum Gasteiger partial charge on any atom is -0.307 e. The summed E-state index contributed by atoms with van der Waals surface area (Å²) in [5.74, 6) is 0.827. The number of nitrogens with zero attached hydrogens (tertiary/aromatic N) is 2. The van der Waals surface area contributed by atoms with Gasteiger partial charge < -0.3 is 4.40 Å². The average molecular weight is 468 g/mol. The largest absolute Gasteiger partial charge is 0.307 e. The van der Waals surface area contributed by atoms with Crippen molar-refractivity contribution in [3.8, 4) is 0 Å². The number of hydrogen-bond donors (Lipinski definition) is 0. The molecule has 36 heavy (non-hydrogen) atoms. The van der Waals surface area contributed by atoms with Gasteiger partial charge in [-0.2, -0.15) is 0 Å². The lowest BCUT2D eigenvalue weighted by atomic mass is 9.92. The van der Waals surface area contributed by atoms with Crippen molar-refractivity contribution in [1.82, 2.24) is 4.40 Å². The van der Waals surface area contributed by atoms with E-state index in [1.807, 2.05) is 0 Å². The van der Waals surface area contributed by atoms with Crippen LogP contribution in [0.1, 0.15) is 42.4 Å². The molecule has 0 spiro atoms. The molecule has 176 valence electrons. The predicted octanol–water partition coefficient (Wildman–Crippen LogP) is 8.32. The maximum atomic E-state index is 2.63. The van der Waals surface area contributed by atoms with E-state index < -0.39 is 0 Å². The summed E-state index contributed by atoms with van der Waals surface area (Å²) in [6, 6.07) is 23.1. The van der Waals surface area contributed by atoms with Gasteiger partial charge in [0.2, 0.25) is 5.52 Å². The van der Waals surface area contributed by atoms with Gasteiger partial charge in [0.25, 0.3) is 0 Å². The van der Waals surface area contributed by atoms with Crippen LogP contribution < -0.4 is 4.57 Å². The van der Waals surface area contributed by atoms with Crippen LogP contribution in [0.15, 0.2) is 66.9 Å². The summed E-state index contributed by atoms with van der Waals surface area (Å²) in [6.45, 7) is 4.65. The van der Waals surface area contributed by atoms with Crippen molar-refractivity contribution >= 4 is 59.8 Å². The Kier molecular flexibility index (Phi) is 4.10. The first kappa shape index (κ1) is 20.5. The fraction of sp³-hybridized carbons (Fsp3) is 0.265. The van der Waals surface area contributed by atoms with Crippen LogP contribution in [0.2, 0.25) is 0 Å². The molecule has 4 aromatic carbocycles. The number of fused-ring (bicyclic) bond motifs is 7. The van der Waals surface area contributed by atoms with Crippen molar-refractivity contribution in [3.05, 3.63) is 83.6 Å². The van der Waals surface area contributed by atoms with Gasteiger partial charge in [0, 0.05) is 16.8 Å². The zero-order valence-corrected chi connectivity index (χ0v) is 21.4. The number of benzene rings is 4.